The number of anilines is 1. The minimum atomic E-state index is -0.978. The lowest BCUT2D eigenvalue weighted by atomic mass is 10.1. The summed E-state index contributed by atoms with van der Waals surface area (Å²) in [4.78, 5) is 16.6. The summed E-state index contributed by atoms with van der Waals surface area (Å²) in [6.45, 7) is 8.13. The van der Waals surface area contributed by atoms with Crippen molar-refractivity contribution in [3.05, 3.63) is 41.6 Å². The number of pyridine rings is 1. The maximum absolute atomic E-state index is 14.0. The molecule has 1 atom stereocenters. The summed E-state index contributed by atoms with van der Waals surface area (Å²) in [5.74, 6) is -1.95. The van der Waals surface area contributed by atoms with E-state index in [2.05, 4.69) is 20.7 Å². The highest BCUT2D eigenvalue weighted by atomic mass is 19.2. The Morgan fingerprint density at radius 3 is 2.68 bits per heavy atom. The summed E-state index contributed by atoms with van der Waals surface area (Å²) in [7, 11) is 0. The summed E-state index contributed by atoms with van der Waals surface area (Å²) in [5.41, 5.74) is 1.55. The van der Waals surface area contributed by atoms with E-state index in [0.29, 0.717) is 46.8 Å². The number of rotatable bonds is 3. The average molecular weight is 431 g/mol. The molecule has 31 heavy (non-hydrogen) atoms. The normalized spacial score (nSPS) is 16.6. The lowest BCUT2D eigenvalue weighted by molar-refractivity contribution is 0.0381. The van der Waals surface area contributed by atoms with Crippen molar-refractivity contribution >= 4 is 22.7 Å². The van der Waals surface area contributed by atoms with Gasteiger partial charge in [-0.2, -0.15) is 5.10 Å². The smallest absolute Gasteiger partial charge is 0.412 e. The number of hydrogen-bond acceptors (Lipinski definition) is 6. The van der Waals surface area contributed by atoms with Crippen LogP contribution < -0.4 is 10.6 Å². The molecule has 3 aromatic rings. The lowest BCUT2D eigenvalue weighted by Crippen LogP contribution is -2.27. The number of fused-ring (bicyclic) bond motifs is 1. The molecular weight excluding hydrogens is 408 g/mol. The summed E-state index contributed by atoms with van der Waals surface area (Å²) in [5, 5.41) is 10.7. The molecule has 3 heterocycles. The first-order valence-corrected chi connectivity index (χ1v) is 9.82. The summed E-state index contributed by atoms with van der Waals surface area (Å²) >= 11 is 0. The molecule has 1 amide bonds. The predicted octanol–water partition coefficient (Wildman–Crippen LogP) is 4.11. The third kappa shape index (κ3) is 4.35. The molecule has 2 N–H and O–H groups in total. The van der Waals surface area contributed by atoms with E-state index < -0.39 is 29.7 Å². The van der Waals surface area contributed by atoms with E-state index in [4.69, 9.17) is 9.47 Å². The van der Waals surface area contributed by atoms with E-state index in [-0.39, 0.29) is 0 Å². The van der Waals surface area contributed by atoms with Crippen LogP contribution in [0, 0.1) is 18.6 Å². The van der Waals surface area contributed by atoms with E-state index in [1.165, 1.54) is 4.68 Å². The Kier molecular flexibility index (Phi) is 5.36. The summed E-state index contributed by atoms with van der Waals surface area (Å²) in [6.07, 6.45) is -1.18. The van der Waals surface area contributed by atoms with Gasteiger partial charge in [-0.3, -0.25) is 10.6 Å². The topological polar surface area (TPSA) is 90.3 Å². The Morgan fingerprint density at radius 2 is 2.03 bits per heavy atom. The third-order valence-corrected chi connectivity index (χ3v) is 4.63. The minimum Gasteiger partial charge on any atom is -0.444 e. The number of nitrogens with one attached hydrogen (secondary N) is 2. The van der Waals surface area contributed by atoms with Gasteiger partial charge < -0.3 is 9.47 Å². The molecule has 0 aliphatic carbocycles. The molecule has 1 saturated heterocycles. The van der Waals surface area contributed by atoms with Crippen LogP contribution in [-0.2, 0) is 9.47 Å². The van der Waals surface area contributed by atoms with Crippen molar-refractivity contribution in [1.82, 2.24) is 20.1 Å². The van der Waals surface area contributed by atoms with Gasteiger partial charge in [0, 0.05) is 18.0 Å². The maximum Gasteiger partial charge on any atom is 0.412 e. The first kappa shape index (κ1) is 21.1. The van der Waals surface area contributed by atoms with Crippen LogP contribution in [0.2, 0.25) is 0 Å². The number of amides is 1. The van der Waals surface area contributed by atoms with Gasteiger partial charge in [-0.1, -0.05) is 0 Å². The number of benzene rings is 1. The van der Waals surface area contributed by atoms with Gasteiger partial charge in [-0.15, -0.1) is 0 Å². The quantitative estimate of drug-likeness (QED) is 0.649. The molecule has 0 bridgehead atoms. The number of carbonyl (C=O) groups is 1. The van der Waals surface area contributed by atoms with Crippen LogP contribution in [0.3, 0.4) is 0 Å². The fraction of sp³-hybridized carbons (Fsp3) is 0.381. The second kappa shape index (κ2) is 7.86. The van der Waals surface area contributed by atoms with E-state index in [0.717, 1.165) is 12.1 Å². The standard InChI is InChI=1S/C21H23F2N5O3/c1-11-15(26-20(29)31-21(2,3)4)5-6-16(25-11)18-12-9-13(22)14(23)10-17(12)28(27-18)19-24-7-8-30-19/h5-6,9-10,19,24H,7-8H2,1-4H3,(H,26,29). The average Bonchev–Trinajstić information content (AvgIpc) is 3.30. The zero-order valence-corrected chi connectivity index (χ0v) is 17.6. The molecule has 164 valence electrons. The second-order valence-corrected chi connectivity index (χ2v) is 8.21. The summed E-state index contributed by atoms with van der Waals surface area (Å²) < 4.78 is 40.3. The largest absolute Gasteiger partial charge is 0.444 e. The van der Waals surface area contributed by atoms with E-state index in [9.17, 15) is 13.6 Å². The number of hydrogen-bond donors (Lipinski definition) is 2. The molecule has 0 spiro atoms. The fourth-order valence-electron chi connectivity index (χ4n) is 3.31. The van der Waals surface area contributed by atoms with Crippen LogP contribution >= 0.6 is 0 Å². The van der Waals surface area contributed by atoms with Gasteiger partial charge in [0.2, 0.25) is 6.35 Å². The van der Waals surface area contributed by atoms with Crippen molar-refractivity contribution in [3.8, 4) is 11.4 Å². The number of halogens is 2. The number of nitrogens with zero attached hydrogens (tertiary/aromatic N) is 3. The van der Waals surface area contributed by atoms with Crippen molar-refractivity contribution in [1.29, 1.82) is 0 Å². The molecule has 1 aliphatic rings. The Balaban J connectivity index is 1.72. The molecule has 1 fully saturated rings. The highest BCUT2D eigenvalue weighted by molar-refractivity contribution is 5.93. The van der Waals surface area contributed by atoms with Gasteiger partial charge >= 0.3 is 6.09 Å². The van der Waals surface area contributed by atoms with Crippen LogP contribution in [-0.4, -0.2) is 39.6 Å². The van der Waals surface area contributed by atoms with Crippen LogP contribution in [0.5, 0.6) is 0 Å². The van der Waals surface area contributed by atoms with Crippen LogP contribution in [0.4, 0.5) is 19.3 Å². The molecule has 4 rings (SSSR count). The van der Waals surface area contributed by atoms with Gasteiger partial charge in [-0.25, -0.2) is 23.2 Å². The molecule has 1 aromatic carbocycles. The van der Waals surface area contributed by atoms with Gasteiger partial charge in [-0.05, 0) is 45.9 Å². The van der Waals surface area contributed by atoms with Crippen molar-refractivity contribution in [2.75, 3.05) is 18.5 Å². The number of ether oxygens (including phenoxy) is 2. The van der Waals surface area contributed by atoms with E-state index in [1.807, 2.05) is 0 Å². The van der Waals surface area contributed by atoms with E-state index in [1.54, 1.807) is 39.8 Å². The zero-order valence-electron chi connectivity index (χ0n) is 17.6. The van der Waals surface area contributed by atoms with Crippen LogP contribution in [0.15, 0.2) is 24.3 Å². The Morgan fingerprint density at radius 1 is 1.29 bits per heavy atom. The monoisotopic (exact) mass is 431 g/mol. The van der Waals surface area contributed by atoms with Gasteiger partial charge in [0.05, 0.1) is 29.2 Å². The zero-order chi connectivity index (χ0) is 22.3. The van der Waals surface area contributed by atoms with Gasteiger partial charge in [0.25, 0.3) is 0 Å². The van der Waals surface area contributed by atoms with Gasteiger partial charge in [0.15, 0.2) is 11.6 Å². The molecule has 8 nitrogen and oxygen atoms in total. The first-order chi connectivity index (χ1) is 14.6. The second-order valence-electron chi connectivity index (χ2n) is 8.21. The predicted molar refractivity (Wildman–Crippen MR) is 110 cm³/mol. The highest BCUT2D eigenvalue weighted by Gasteiger charge is 2.25. The minimum absolute atomic E-state index is 0.373. The molecule has 10 heteroatoms. The van der Waals surface area contributed by atoms with Crippen LogP contribution in [0.25, 0.3) is 22.3 Å². The molecule has 1 aliphatic heterocycles. The lowest BCUT2D eigenvalue weighted by Gasteiger charge is -2.20. The third-order valence-electron chi connectivity index (χ3n) is 4.63. The van der Waals surface area contributed by atoms with Crippen molar-refractivity contribution in [3.63, 3.8) is 0 Å². The maximum atomic E-state index is 14.0. The van der Waals surface area contributed by atoms with Crippen molar-refractivity contribution < 1.29 is 23.0 Å². The van der Waals surface area contributed by atoms with Crippen molar-refractivity contribution in [2.24, 2.45) is 0 Å². The Hall–Kier alpha value is -3.11. The Labute approximate surface area is 177 Å². The highest BCUT2D eigenvalue weighted by Crippen LogP contribution is 2.32. The number of aromatic nitrogens is 3. The van der Waals surface area contributed by atoms with Crippen molar-refractivity contribution in [2.45, 2.75) is 39.6 Å². The molecule has 2 aromatic heterocycles. The SMILES string of the molecule is Cc1nc(-c2nn(C3NCCO3)c3cc(F)c(F)cc23)ccc1NC(=O)OC(C)(C)C. The molecule has 0 radical (unpaired) electrons. The first-order valence-electron chi connectivity index (χ1n) is 9.82. The number of aryl methyl sites for hydroxylation is 1. The Bertz CT molecular complexity index is 1150. The van der Waals surface area contributed by atoms with Crippen LogP contribution in [0.1, 0.15) is 32.8 Å². The van der Waals surface area contributed by atoms with E-state index >= 15 is 0 Å². The van der Waals surface area contributed by atoms with Gasteiger partial charge in [0.1, 0.15) is 11.3 Å². The number of carbonyl (C=O) groups excluding carboxylic acids is 1. The molecular formula is C21H23F2N5O3. The summed E-state index contributed by atoms with van der Waals surface area (Å²) in [6, 6.07) is 5.50. The fourth-order valence-corrected chi connectivity index (χ4v) is 3.31. The molecule has 0 saturated carbocycles. The molecule has 1 unspecified atom stereocenters.